The first-order valence-corrected chi connectivity index (χ1v) is 13.4. The lowest BCUT2D eigenvalue weighted by atomic mass is 9.98. The van der Waals surface area contributed by atoms with Crippen molar-refractivity contribution in [2.75, 3.05) is 17.2 Å². The van der Waals surface area contributed by atoms with Gasteiger partial charge in [-0.2, -0.15) is 18.2 Å². The number of hydrogen-bond donors (Lipinski definition) is 2. The average molecular weight is 529 g/mol. The maximum Gasteiger partial charge on any atom is 0.421 e. The van der Waals surface area contributed by atoms with Gasteiger partial charge >= 0.3 is 6.18 Å². The van der Waals surface area contributed by atoms with Crippen LogP contribution < -0.4 is 20.1 Å². The van der Waals surface area contributed by atoms with Crippen molar-refractivity contribution in [2.45, 2.75) is 77.0 Å². The second kappa shape index (κ2) is 13.3. The summed E-state index contributed by atoms with van der Waals surface area (Å²) in [7, 11) is 0. The van der Waals surface area contributed by atoms with Crippen molar-refractivity contribution in [3.8, 4) is 11.5 Å². The average Bonchev–Trinajstić information content (AvgIpc) is 2.91. The molecule has 0 saturated heterocycles. The van der Waals surface area contributed by atoms with Crippen LogP contribution in [0.3, 0.4) is 0 Å². The third kappa shape index (κ3) is 8.26. The monoisotopic (exact) mass is 528 g/mol. The predicted molar refractivity (Wildman–Crippen MR) is 144 cm³/mol. The van der Waals surface area contributed by atoms with Crippen LogP contribution in [-0.2, 0) is 6.18 Å². The van der Waals surface area contributed by atoms with Gasteiger partial charge in [-0.15, -0.1) is 0 Å². The Labute approximate surface area is 222 Å². The molecule has 1 saturated carbocycles. The molecule has 2 N–H and O–H groups in total. The number of benzene rings is 2. The SMILES string of the molecule is CCCCCCOc1ccc(Nc2nc(Nc3ccc(OC4CCCCC4)cc3)ncc2C(F)(F)F)cc1. The first kappa shape index (κ1) is 27.5. The maximum atomic E-state index is 13.7. The largest absolute Gasteiger partial charge is 0.494 e. The molecule has 204 valence electrons. The summed E-state index contributed by atoms with van der Waals surface area (Å²) < 4.78 is 52.8. The van der Waals surface area contributed by atoms with Crippen LogP contribution in [0.15, 0.2) is 54.7 Å². The maximum absolute atomic E-state index is 13.7. The van der Waals surface area contributed by atoms with E-state index in [1.165, 1.54) is 25.7 Å². The van der Waals surface area contributed by atoms with Crippen LogP contribution >= 0.6 is 0 Å². The number of nitrogens with zero attached hydrogens (tertiary/aromatic N) is 2. The number of nitrogens with one attached hydrogen (secondary N) is 2. The molecule has 9 heteroatoms. The van der Waals surface area contributed by atoms with Gasteiger partial charge < -0.3 is 20.1 Å². The Morgan fingerprint density at radius 3 is 2.16 bits per heavy atom. The molecule has 0 spiro atoms. The Morgan fingerprint density at radius 1 is 0.842 bits per heavy atom. The smallest absolute Gasteiger partial charge is 0.421 e. The van der Waals surface area contributed by atoms with Gasteiger partial charge in [-0.25, -0.2) is 4.98 Å². The topological polar surface area (TPSA) is 68.3 Å². The van der Waals surface area contributed by atoms with Gasteiger partial charge in [0.2, 0.25) is 5.95 Å². The number of halogens is 3. The molecular formula is C29H35F3N4O2. The molecule has 3 aromatic rings. The van der Waals surface area contributed by atoms with E-state index < -0.39 is 11.7 Å². The summed E-state index contributed by atoms with van der Waals surface area (Å²) in [6, 6.07) is 14.1. The van der Waals surface area contributed by atoms with Gasteiger partial charge in [0.25, 0.3) is 0 Å². The van der Waals surface area contributed by atoms with Crippen molar-refractivity contribution in [3.05, 3.63) is 60.3 Å². The van der Waals surface area contributed by atoms with Crippen LogP contribution in [0, 0.1) is 0 Å². The molecule has 1 aliphatic rings. The fourth-order valence-electron chi connectivity index (χ4n) is 4.36. The van der Waals surface area contributed by atoms with Crippen LogP contribution in [0.2, 0.25) is 0 Å². The Bertz CT molecular complexity index is 1130. The van der Waals surface area contributed by atoms with Gasteiger partial charge in [-0.1, -0.05) is 32.6 Å². The molecule has 0 atom stereocenters. The van der Waals surface area contributed by atoms with E-state index >= 15 is 0 Å². The third-order valence-electron chi connectivity index (χ3n) is 6.44. The summed E-state index contributed by atoms with van der Waals surface area (Å²) in [5.41, 5.74) is 0.158. The zero-order chi connectivity index (χ0) is 26.8. The summed E-state index contributed by atoms with van der Waals surface area (Å²) in [6.07, 6.45) is 6.55. The molecular weight excluding hydrogens is 493 g/mol. The van der Waals surface area contributed by atoms with Crippen molar-refractivity contribution in [3.63, 3.8) is 0 Å². The first-order valence-electron chi connectivity index (χ1n) is 13.4. The first-order chi connectivity index (χ1) is 18.4. The van der Waals surface area contributed by atoms with Crippen molar-refractivity contribution >= 4 is 23.1 Å². The van der Waals surface area contributed by atoms with Crippen molar-refractivity contribution in [1.29, 1.82) is 0 Å². The van der Waals surface area contributed by atoms with Crippen LogP contribution in [0.1, 0.15) is 70.3 Å². The Kier molecular flexibility index (Phi) is 9.67. The van der Waals surface area contributed by atoms with Crippen LogP contribution in [0.5, 0.6) is 11.5 Å². The van der Waals surface area contributed by atoms with Gasteiger partial charge in [0.1, 0.15) is 22.9 Å². The minimum atomic E-state index is -4.61. The molecule has 0 radical (unpaired) electrons. The Morgan fingerprint density at radius 2 is 1.50 bits per heavy atom. The van der Waals surface area contributed by atoms with E-state index in [9.17, 15) is 13.2 Å². The highest BCUT2D eigenvalue weighted by Gasteiger charge is 2.35. The fourth-order valence-corrected chi connectivity index (χ4v) is 4.36. The number of ether oxygens (including phenoxy) is 2. The normalized spacial score (nSPS) is 14.2. The van der Waals surface area contributed by atoms with E-state index in [2.05, 4.69) is 27.5 Å². The van der Waals surface area contributed by atoms with Crippen LogP contribution in [0.25, 0.3) is 0 Å². The highest BCUT2D eigenvalue weighted by Crippen LogP contribution is 2.35. The molecule has 1 heterocycles. The minimum Gasteiger partial charge on any atom is -0.494 e. The second-order valence-corrected chi connectivity index (χ2v) is 9.54. The van der Waals surface area contributed by atoms with E-state index in [1.807, 2.05) is 12.1 Å². The Balaban J connectivity index is 1.41. The van der Waals surface area contributed by atoms with E-state index in [-0.39, 0.29) is 17.9 Å². The number of hydrogen-bond acceptors (Lipinski definition) is 6. The summed E-state index contributed by atoms with van der Waals surface area (Å²) in [5.74, 6) is 1.16. The lowest BCUT2D eigenvalue weighted by Gasteiger charge is -2.23. The molecule has 4 rings (SSSR count). The molecule has 1 aliphatic carbocycles. The van der Waals surface area contributed by atoms with Gasteiger partial charge in [0.15, 0.2) is 0 Å². The number of alkyl halides is 3. The summed E-state index contributed by atoms with van der Waals surface area (Å²) >= 11 is 0. The van der Waals surface area contributed by atoms with Crippen LogP contribution in [-0.4, -0.2) is 22.7 Å². The van der Waals surface area contributed by atoms with Crippen molar-refractivity contribution < 1.29 is 22.6 Å². The molecule has 2 aromatic carbocycles. The van der Waals surface area contributed by atoms with E-state index in [0.29, 0.717) is 23.7 Å². The molecule has 6 nitrogen and oxygen atoms in total. The zero-order valence-electron chi connectivity index (χ0n) is 21.7. The van der Waals surface area contributed by atoms with Gasteiger partial charge in [0.05, 0.1) is 12.7 Å². The van der Waals surface area contributed by atoms with E-state index in [0.717, 1.165) is 44.1 Å². The standard InChI is InChI=1S/C29H35F3N4O2/c1-2-3-4-8-19-37-23-15-11-21(12-16-23)34-27-26(29(30,31)32)20-33-28(36-27)35-22-13-17-25(18-14-22)38-24-9-6-5-7-10-24/h11-18,20,24H,2-10,19H2,1H3,(H2,33,34,35,36). The number of anilines is 4. The summed E-state index contributed by atoms with van der Waals surface area (Å²) in [5, 5.41) is 5.77. The molecule has 1 aromatic heterocycles. The third-order valence-corrected chi connectivity index (χ3v) is 6.44. The number of aromatic nitrogens is 2. The molecule has 38 heavy (non-hydrogen) atoms. The zero-order valence-corrected chi connectivity index (χ0v) is 21.7. The molecule has 0 bridgehead atoms. The van der Waals surface area contributed by atoms with Gasteiger partial charge in [0, 0.05) is 17.6 Å². The molecule has 0 unspecified atom stereocenters. The van der Waals surface area contributed by atoms with Crippen LogP contribution in [0.4, 0.5) is 36.3 Å². The summed E-state index contributed by atoms with van der Waals surface area (Å²) in [4.78, 5) is 8.02. The van der Waals surface area contributed by atoms with E-state index in [1.54, 1.807) is 36.4 Å². The molecule has 0 aliphatic heterocycles. The van der Waals surface area contributed by atoms with Crippen molar-refractivity contribution in [2.24, 2.45) is 0 Å². The highest BCUT2D eigenvalue weighted by atomic mass is 19.4. The summed E-state index contributed by atoms with van der Waals surface area (Å²) in [6.45, 7) is 2.76. The second-order valence-electron chi connectivity index (χ2n) is 9.54. The van der Waals surface area contributed by atoms with E-state index in [4.69, 9.17) is 9.47 Å². The number of unbranched alkanes of at least 4 members (excludes halogenated alkanes) is 3. The molecule has 0 amide bonds. The lowest BCUT2D eigenvalue weighted by Crippen LogP contribution is -2.19. The highest BCUT2D eigenvalue weighted by molar-refractivity contribution is 5.63. The number of rotatable bonds is 12. The molecule has 1 fully saturated rings. The lowest BCUT2D eigenvalue weighted by molar-refractivity contribution is -0.137. The predicted octanol–water partition coefficient (Wildman–Crippen LogP) is 8.65. The fraction of sp³-hybridized carbons (Fsp3) is 0.448. The quantitative estimate of drug-likeness (QED) is 0.229. The minimum absolute atomic E-state index is 0.0495. The van der Waals surface area contributed by atoms with Crippen molar-refractivity contribution in [1.82, 2.24) is 9.97 Å². The van der Waals surface area contributed by atoms with Gasteiger partial charge in [-0.3, -0.25) is 0 Å². The van der Waals surface area contributed by atoms with Gasteiger partial charge in [-0.05, 0) is 80.6 Å². The Hall–Kier alpha value is -3.49.